The molecule has 0 fully saturated rings. The maximum Gasteiger partial charge on any atom is 0.257 e. The van der Waals surface area contributed by atoms with Crippen LogP contribution >= 0.6 is 11.3 Å². The minimum Gasteiger partial charge on any atom is -0.497 e. The van der Waals surface area contributed by atoms with Crippen LogP contribution in [0.4, 0.5) is 13.9 Å². The van der Waals surface area contributed by atoms with Crippen LogP contribution in [-0.2, 0) is 0 Å². The van der Waals surface area contributed by atoms with Crippen molar-refractivity contribution in [2.45, 2.75) is 0 Å². The highest BCUT2D eigenvalue weighted by Crippen LogP contribution is 2.28. The first kappa shape index (κ1) is 16.1. The van der Waals surface area contributed by atoms with Gasteiger partial charge in [-0.3, -0.25) is 10.1 Å². The van der Waals surface area contributed by atoms with Gasteiger partial charge in [0.05, 0.1) is 12.8 Å². The molecule has 0 aliphatic rings. The number of ether oxygens (including phenoxy) is 1. The van der Waals surface area contributed by atoms with Gasteiger partial charge in [0.1, 0.15) is 17.4 Å². The molecule has 7 heteroatoms. The van der Waals surface area contributed by atoms with Crippen LogP contribution in [0.25, 0.3) is 11.3 Å². The highest BCUT2D eigenvalue weighted by molar-refractivity contribution is 7.14. The third kappa shape index (κ3) is 3.41. The van der Waals surface area contributed by atoms with Gasteiger partial charge in [0.25, 0.3) is 5.91 Å². The monoisotopic (exact) mass is 346 g/mol. The van der Waals surface area contributed by atoms with Crippen molar-refractivity contribution in [1.29, 1.82) is 0 Å². The largest absolute Gasteiger partial charge is 0.497 e. The predicted molar refractivity (Wildman–Crippen MR) is 88.4 cm³/mol. The lowest BCUT2D eigenvalue weighted by Crippen LogP contribution is -2.11. The number of carbonyl (C=O) groups excluding carboxylic acids is 1. The van der Waals surface area contributed by atoms with Gasteiger partial charge < -0.3 is 4.74 Å². The number of nitrogens with zero attached hydrogens (tertiary/aromatic N) is 1. The van der Waals surface area contributed by atoms with Crippen molar-refractivity contribution < 1.29 is 18.3 Å². The molecule has 0 aliphatic carbocycles. The number of benzene rings is 2. The molecule has 2 aromatic carbocycles. The number of amides is 1. The fourth-order valence-electron chi connectivity index (χ4n) is 2.06. The molecule has 4 nitrogen and oxygen atoms in total. The molecular weight excluding hydrogens is 334 g/mol. The van der Waals surface area contributed by atoms with E-state index in [1.165, 1.54) is 7.11 Å². The molecule has 1 heterocycles. The van der Waals surface area contributed by atoms with Gasteiger partial charge in [-0.05, 0) is 42.5 Å². The fraction of sp³-hybridized carbons (Fsp3) is 0.0588. The Hall–Kier alpha value is -2.80. The van der Waals surface area contributed by atoms with Gasteiger partial charge in [-0.2, -0.15) is 0 Å². The minimum atomic E-state index is -0.574. The third-order valence-corrected chi connectivity index (χ3v) is 4.04. The summed E-state index contributed by atoms with van der Waals surface area (Å²) in [5.41, 5.74) is 0.753. The highest BCUT2D eigenvalue weighted by Gasteiger charge is 2.13. The fourth-order valence-corrected chi connectivity index (χ4v) is 2.77. The highest BCUT2D eigenvalue weighted by atomic mass is 32.1. The number of methoxy groups -OCH3 is 1. The molecule has 3 rings (SSSR count). The third-order valence-electron chi connectivity index (χ3n) is 3.28. The lowest BCUT2D eigenvalue weighted by atomic mass is 10.1. The molecule has 3 aromatic rings. The first-order valence-corrected chi connectivity index (χ1v) is 7.81. The van der Waals surface area contributed by atoms with Crippen LogP contribution in [0.2, 0.25) is 0 Å². The standard InChI is InChI=1S/C17H12F2N2O2S/c1-23-12-5-2-10(3-6-12)16(22)21-17-20-15(9-24-17)13-8-11(18)4-7-14(13)19/h2-9H,1H3,(H,20,21,22). The summed E-state index contributed by atoms with van der Waals surface area (Å²) in [6.07, 6.45) is 0. The van der Waals surface area contributed by atoms with Crippen molar-refractivity contribution in [2.75, 3.05) is 12.4 Å². The number of halogens is 2. The first-order chi connectivity index (χ1) is 11.6. The Bertz CT molecular complexity index is 879. The molecule has 1 amide bonds. The summed E-state index contributed by atoms with van der Waals surface area (Å²) >= 11 is 1.13. The SMILES string of the molecule is COc1ccc(C(=O)Nc2nc(-c3cc(F)ccc3F)cs2)cc1. The number of anilines is 1. The van der Waals surface area contributed by atoms with Crippen LogP contribution in [-0.4, -0.2) is 18.0 Å². The van der Waals surface area contributed by atoms with Crippen molar-refractivity contribution in [1.82, 2.24) is 4.98 Å². The minimum absolute atomic E-state index is 0.0520. The van der Waals surface area contributed by atoms with E-state index in [1.807, 2.05) is 0 Å². The molecule has 0 radical (unpaired) electrons. The van der Waals surface area contributed by atoms with Crippen LogP contribution in [0, 0.1) is 11.6 Å². The molecule has 0 unspecified atom stereocenters. The Morgan fingerprint density at radius 2 is 1.92 bits per heavy atom. The Morgan fingerprint density at radius 1 is 1.17 bits per heavy atom. The number of rotatable bonds is 4. The number of nitrogens with one attached hydrogen (secondary N) is 1. The van der Waals surface area contributed by atoms with Crippen LogP contribution in [0.1, 0.15) is 10.4 Å². The van der Waals surface area contributed by atoms with Crippen molar-refractivity contribution in [3.05, 3.63) is 65.0 Å². The van der Waals surface area contributed by atoms with E-state index in [0.29, 0.717) is 16.4 Å². The molecule has 0 bridgehead atoms. The average molecular weight is 346 g/mol. The molecule has 1 aromatic heterocycles. The molecule has 1 N–H and O–H groups in total. The summed E-state index contributed by atoms with van der Waals surface area (Å²) in [6, 6.07) is 9.73. The predicted octanol–water partition coefficient (Wildman–Crippen LogP) is 4.35. The topological polar surface area (TPSA) is 51.2 Å². The summed E-state index contributed by atoms with van der Waals surface area (Å²) in [5, 5.41) is 4.49. The maximum absolute atomic E-state index is 13.8. The number of hydrogen-bond donors (Lipinski definition) is 1. The average Bonchev–Trinajstić information content (AvgIpc) is 3.05. The van der Waals surface area contributed by atoms with Gasteiger partial charge in [-0.15, -0.1) is 11.3 Å². The number of thiazole rings is 1. The van der Waals surface area contributed by atoms with Gasteiger partial charge in [0, 0.05) is 16.5 Å². The normalized spacial score (nSPS) is 10.5. The quantitative estimate of drug-likeness (QED) is 0.764. The molecule has 0 saturated heterocycles. The van der Waals surface area contributed by atoms with Crippen LogP contribution in [0.5, 0.6) is 5.75 Å². The number of hydrogen-bond acceptors (Lipinski definition) is 4. The zero-order valence-corrected chi connectivity index (χ0v) is 13.4. The first-order valence-electron chi connectivity index (χ1n) is 6.93. The Morgan fingerprint density at radius 3 is 2.62 bits per heavy atom. The molecule has 24 heavy (non-hydrogen) atoms. The molecule has 0 spiro atoms. The lowest BCUT2D eigenvalue weighted by molar-refractivity contribution is 0.102. The summed E-state index contributed by atoms with van der Waals surface area (Å²) < 4.78 is 32.1. The maximum atomic E-state index is 13.8. The molecular formula is C17H12F2N2O2S. The Balaban J connectivity index is 1.78. The van der Waals surface area contributed by atoms with Gasteiger partial charge in [-0.25, -0.2) is 13.8 Å². The van der Waals surface area contributed by atoms with Crippen LogP contribution < -0.4 is 10.1 Å². The zero-order valence-electron chi connectivity index (χ0n) is 12.5. The number of carbonyl (C=O) groups is 1. The second-order valence-electron chi connectivity index (χ2n) is 4.84. The van der Waals surface area contributed by atoms with Crippen molar-refractivity contribution in [3.63, 3.8) is 0 Å². The summed E-state index contributed by atoms with van der Waals surface area (Å²) in [5.74, 6) is -0.833. The van der Waals surface area contributed by atoms with E-state index in [-0.39, 0.29) is 17.2 Å². The van der Waals surface area contributed by atoms with E-state index in [4.69, 9.17) is 4.74 Å². The van der Waals surface area contributed by atoms with E-state index < -0.39 is 11.6 Å². The molecule has 0 atom stereocenters. The van der Waals surface area contributed by atoms with Crippen LogP contribution in [0.3, 0.4) is 0 Å². The van der Waals surface area contributed by atoms with E-state index in [1.54, 1.807) is 29.6 Å². The van der Waals surface area contributed by atoms with E-state index in [0.717, 1.165) is 29.5 Å². The van der Waals surface area contributed by atoms with Crippen molar-refractivity contribution in [2.24, 2.45) is 0 Å². The lowest BCUT2D eigenvalue weighted by Gasteiger charge is -2.03. The molecule has 0 aliphatic heterocycles. The van der Waals surface area contributed by atoms with E-state index in [2.05, 4.69) is 10.3 Å². The van der Waals surface area contributed by atoms with E-state index in [9.17, 15) is 13.6 Å². The second-order valence-corrected chi connectivity index (χ2v) is 5.70. The van der Waals surface area contributed by atoms with E-state index >= 15 is 0 Å². The summed E-state index contributed by atoms with van der Waals surface area (Å²) in [4.78, 5) is 16.3. The van der Waals surface area contributed by atoms with Crippen LogP contribution in [0.15, 0.2) is 47.8 Å². The Kier molecular flexibility index (Phi) is 4.52. The van der Waals surface area contributed by atoms with Gasteiger partial charge in [0.15, 0.2) is 5.13 Å². The molecule has 122 valence electrons. The van der Waals surface area contributed by atoms with Gasteiger partial charge in [-0.1, -0.05) is 0 Å². The van der Waals surface area contributed by atoms with Gasteiger partial charge >= 0.3 is 0 Å². The Labute approximate surface area is 140 Å². The van der Waals surface area contributed by atoms with Crippen molar-refractivity contribution in [3.8, 4) is 17.0 Å². The number of aromatic nitrogens is 1. The molecule has 0 saturated carbocycles. The van der Waals surface area contributed by atoms with Crippen molar-refractivity contribution >= 4 is 22.4 Å². The smallest absolute Gasteiger partial charge is 0.257 e. The summed E-state index contributed by atoms with van der Waals surface area (Å²) in [7, 11) is 1.54. The zero-order chi connectivity index (χ0) is 17.1. The van der Waals surface area contributed by atoms with Gasteiger partial charge in [0.2, 0.25) is 0 Å². The second kappa shape index (κ2) is 6.76. The summed E-state index contributed by atoms with van der Waals surface area (Å²) in [6.45, 7) is 0.